The van der Waals surface area contributed by atoms with Gasteiger partial charge in [-0.05, 0) is 43.9 Å². The minimum absolute atomic E-state index is 0.00321. The van der Waals surface area contributed by atoms with Crippen molar-refractivity contribution >= 4 is 11.9 Å². The van der Waals surface area contributed by atoms with E-state index in [4.69, 9.17) is 0 Å². The third-order valence-corrected chi connectivity index (χ3v) is 4.64. The summed E-state index contributed by atoms with van der Waals surface area (Å²) >= 11 is 0. The molecule has 0 spiro atoms. The first kappa shape index (κ1) is 17.3. The highest BCUT2D eigenvalue weighted by molar-refractivity contribution is 5.76. The Morgan fingerprint density at radius 2 is 2.16 bits per heavy atom. The fourth-order valence-electron chi connectivity index (χ4n) is 3.31. The summed E-state index contributed by atoms with van der Waals surface area (Å²) in [5.41, 5.74) is -0.166. The Morgan fingerprint density at radius 1 is 1.36 bits per heavy atom. The van der Waals surface area contributed by atoms with Crippen LogP contribution < -0.4 is 4.90 Å². The average Bonchev–Trinajstić information content (AvgIpc) is 2.57. The monoisotopic (exact) mass is 347 g/mol. The summed E-state index contributed by atoms with van der Waals surface area (Å²) in [4.78, 5) is 22.4. The van der Waals surface area contributed by atoms with E-state index in [-0.39, 0.29) is 18.5 Å². The maximum Gasteiger partial charge on any atom is 0.311 e. The van der Waals surface area contributed by atoms with Gasteiger partial charge in [0.1, 0.15) is 11.6 Å². The molecule has 1 fully saturated rings. The number of rotatable bonds is 4. The lowest BCUT2D eigenvalue weighted by Crippen LogP contribution is -2.50. The lowest BCUT2D eigenvalue weighted by molar-refractivity contribution is -0.149. The number of aliphatic carboxylic acids is 1. The van der Waals surface area contributed by atoms with Gasteiger partial charge in [-0.25, -0.2) is 18.7 Å². The van der Waals surface area contributed by atoms with E-state index in [0.717, 1.165) is 17.8 Å². The molecule has 0 radical (unpaired) electrons. The second-order valence-corrected chi connectivity index (χ2v) is 6.52. The molecular weight excluding hydrogens is 328 g/mol. The molecule has 1 N–H and O–H groups in total. The van der Waals surface area contributed by atoms with Crippen molar-refractivity contribution in [2.45, 2.75) is 26.2 Å². The van der Waals surface area contributed by atoms with Gasteiger partial charge in [-0.15, -0.1) is 0 Å². The first-order valence-corrected chi connectivity index (χ1v) is 8.12. The zero-order chi connectivity index (χ0) is 18.0. The Labute approximate surface area is 144 Å². The summed E-state index contributed by atoms with van der Waals surface area (Å²) in [5.74, 6) is -1.91. The number of carboxylic acids is 1. The molecule has 0 unspecified atom stereocenters. The van der Waals surface area contributed by atoms with Crippen LogP contribution in [-0.2, 0) is 11.2 Å². The maximum absolute atomic E-state index is 14.0. The van der Waals surface area contributed by atoms with Gasteiger partial charge in [0.2, 0.25) is 5.95 Å². The molecule has 25 heavy (non-hydrogen) atoms. The first-order chi connectivity index (χ1) is 11.9. The fraction of sp³-hybridized carbons (Fsp3) is 0.389. The van der Waals surface area contributed by atoms with Crippen molar-refractivity contribution in [3.05, 3.63) is 53.4 Å². The molecule has 5 nitrogen and oxygen atoms in total. The first-order valence-electron chi connectivity index (χ1n) is 8.12. The molecular formula is C18H19F2N3O2. The van der Waals surface area contributed by atoms with Gasteiger partial charge >= 0.3 is 5.97 Å². The Kier molecular flexibility index (Phi) is 4.65. The van der Waals surface area contributed by atoms with Crippen molar-refractivity contribution in [2.75, 3.05) is 18.0 Å². The zero-order valence-electron chi connectivity index (χ0n) is 13.9. The van der Waals surface area contributed by atoms with E-state index in [1.165, 1.54) is 6.07 Å². The fourth-order valence-corrected chi connectivity index (χ4v) is 3.31. The van der Waals surface area contributed by atoms with Crippen molar-refractivity contribution in [1.29, 1.82) is 0 Å². The van der Waals surface area contributed by atoms with Crippen molar-refractivity contribution in [1.82, 2.24) is 9.97 Å². The van der Waals surface area contributed by atoms with Crippen LogP contribution in [0.4, 0.5) is 14.7 Å². The normalized spacial score (nSPS) is 20.5. The molecule has 2 heterocycles. The molecule has 0 saturated carbocycles. The highest BCUT2D eigenvalue weighted by Crippen LogP contribution is 2.36. The summed E-state index contributed by atoms with van der Waals surface area (Å²) in [6, 6.07) is 5.02. The number of halogens is 2. The number of hydrogen-bond acceptors (Lipinski definition) is 4. The number of nitrogens with zero attached hydrogens (tertiary/aromatic N) is 3. The molecule has 3 rings (SSSR count). The van der Waals surface area contributed by atoms with Crippen LogP contribution in [0.5, 0.6) is 0 Å². The number of benzene rings is 1. The standard InChI is InChI=1S/C18H19F2N3O2/c1-12-5-7-21-17(22-12)23-8-2-6-18(11-23,16(24)25)10-13-3-4-14(19)9-15(13)20/h3-5,7,9H,2,6,8,10-11H2,1H3,(H,24,25)/t18-/m1/s1. The smallest absolute Gasteiger partial charge is 0.311 e. The van der Waals surface area contributed by atoms with E-state index in [1.807, 2.05) is 11.8 Å². The van der Waals surface area contributed by atoms with Crippen LogP contribution in [0.3, 0.4) is 0 Å². The van der Waals surface area contributed by atoms with Crippen LogP contribution in [0.1, 0.15) is 24.1 Å². The third-order valence-electron chi connectivity index (χ3n) is 4.64. The number of anilines is 1. The van der Waals surface area contributed by atoms with Crippen LogP contribution in [0.15, 0.2) is 30.5 Å². The molecule has 0 aliphatic carbocycles. The molecule has 0 bridgehead atoms. The SMILES string of the molecule is Cc1ccnc(N2CCC[C@](Cc3ccc(F)cc3F)(C(=O)O)C2)n1. The molecule has 1 aliphatic rings. The summed E-state index contributed by atoms with van der Waals surface area (Å²) < 4.78 is 27.2. The maximum atomic E-state index is 14.0. The highest BCUT2D eigenvalue weighted by Gasteiger charge is 2.43. The Balaban J connectivity index is 1.90. The largest absolute Gasteiger partial charge is 0.481 e. The lowest BCUT2D eigenvalue weighted by atomic mass is 9.75. The van der Waals surface area contributed by atoms with Gasteiger partial charge in [-0.2, -0.15) is 0 Å². The summed E-state index contributed by atoms with van der Waals surface area (Å²) in [6.07, 6.45) is 2.68. The quantitative estimate of drug-likeness (QED) is 0.921. The van der Waals surface area contributed by atoms with Crippen molar-refractivity contribution < 1.29 is 18.7 Å². The number of aryl methyl sites for hydroxylation is 1. The predicted molar refractivity (Wildman–Crippen MR) is 88.3 cm³/mol. The Morgan fingerprint density at radius 3 is 2.84 bits per heavy atom. The van der Waals surface area contributed by atoms with E-state index >= 15 is 0 Å². The number of piperidine rings is 1. The van der Waals surface area contributed by atoms with Crippen LogP contribution in [0.2, 0.25) is 0 Å². The molecule has 132 valence electrons. The van der Waals surface area contributed by atoms with Crippen molar-refractivity contribution in [3.63, 3.8) is 0 Å². The van der Waals surface area contributed by atoms with Gasteiger partial charge in [0.05, 0.1) is 5.41 Å². The van der Waals surface area contributed by atoms with Crippen LogP contribution >= 0.6 is 0 Å². The molecule has 0 amide bonds. The lowest BCUT2D eigenvalue weighted by Gasteiger charge is -2.40. The summed E-state index contributed by atoms with van der Waals surface area (Å²) in [5, 5.41) is 9.85. The van der Waals surface area contributed by atoms with Gasteiger partial charge in [-0.1, -0.05) is 6.07 Å². The number of carboxylic acid groups (broad SMARTS) is 1. The van der Waals surface area contributed by atoms with E-state index < -0.39 is 23.0 Å². The van der Waals surface area contributed by atoms with Gasteiger partial charge in [0.15, 0.2) is 0 Å². The minimum atomic E-state index is -1.16. The highest BCUT2D eigenvalue weighted by atomic mass is 19.1. The molecule has 1 aromatic heterocycles. The molecule has 1 aromatic carbocycles. The average molecular weight is 347 g/mol. The summed E-state index contributed by atoms with van der Waals surface area (Å²) in [6.45, 7) is 2.67. The van der Waals surface area contributed by atoms with Crippen LogP contribution in [0.25, 0.3) is 0 Å². The Hall–Kier alpha value is -2.57. The number of aromatic nitrogens is 2. The van der Waals surface area contributed by atoms with Gasteiger partial charge in [-0.3, -0.25) is 4.79 Å². The van der Waals surface area contributed by atoms with Gasteiger partial charge in [0.25, 0.3) is 0 Å². The van der Waals surface area contributed by atoms with Gasteiger partial charge in [0, 0.05) is 31.0 Å². The van der Waals surface area contributed by atoms with Crippen molar-refractivity contribution in [3.8, 4) is 0 Å². The molecule has 7 heteroatoms. The third kappa shape index (κ3) is 3.60. The number of carbonyl (C=O) groups is 1. The van der Waals surface area contributed by atoms with E-state index in [2.05, 4.69) is 9.97 Å². The van der Waals surface area contributed by atoms with E-state index in [0.29, 0.717) is 25.3 Å². The van der Waals surface area contributed by atoms with Crippen LogP contribution in [0, 0.1) is 24.0 Å². The zero-order valence-corrected chi connectivity index (χ0v) is 13.9. The minimum Gasteiger partial charge on any atom is -0.481 e. The van der Waals surface area contributed by atoms with Crippen molar-refractivity contribution in [2.24, 2.45) is 5.41 Å². The van der Waals surface area contributed by atoms with Crippen LogP contribution in [-0.4, -0.2) is 34.1 Å². The Bertz CT molecular complexity index is 800. The van der Waals surface area contributed by atoms with E-state index in [1.54, 1.807) is 12.3 Å². The summed E-state index contributed by atoms with van der Waals surface area (Å²) in [7, 11) is 0. The second kappa shape index (κ2) is 6.74. The molecule has 1 atom stereocenters. The second-order valence-electron chi connectivity index (χ2n) is 6.52. The number of hydrogen-bond donors (Lipinski definition) is 1. The molecule has 1 saturated heterocycles. The van der Waals surface area contributed by atoms with Gasteiger partial charge < -0.3 is 10.0 Å². The predicted octanol–water partition coefficient (Wildman–Crippen LogP) is 2.98. The topological polar surface area (TPSA) is 66.3 Å². The van der Waals surface area contributed by atoms with E-state index in [9.17, 15) is 18.7 Å². The molecule has 1 aliphatic heterocycles. The molecule has 2 aromatic rings.